The summed E-state index contributed by atoms with van der Waals surface area (Å²) in [7, 11) is 0. The molecule has 1 aromatic heterocycles. The van der Waals surface area contributed by atoms with E-state index in [0.717, 1.165) is 11.3 Å². The Morgan fingerprint density at radius 3 is 2.52 bits per heavy atom. The molecule has 0 radical (unpaired) electrons. The van der Waals surface area contributed by atoms with Crippen LogP contribution in [0.1, 0.15) is 13.8 Å². The van der Waals surface area contributed by atoms with Crippen molar-refractivity contribution in [1.82, 2.24) is 4.98 Å². The Morgan fingerprint density at radius 2 is 1.96 bits per heavy atom. The molecule has 2 amide bonds. The number of allylic oxidation sites excluding steroid dienone is 1. The van der Waals surface area contributed by atoms with Crippen molar-refractivity contribution in [3.63, 3.8) is 0 Å². The van der Waals surface area contributed by atoms with Gasteiger partial charge < -0.3 is 27.8 Å². The standard InChI is InChI=1S/C13H14N4O2S.C3H8N2/c1-8(18)15-13-17-11(7-20-13)9-3-2-4-10(5-9)16-12(19)6-14;1-3(5)2-4/h2-5,7H,6,14H2,1H3,(H,16,19)(H,15,17,18);2H,4-5H2,1H3/b;3-2-. The van der Waals surface area contributed by atoms with E-state index in [1.165, 1.54) is 24.5 Å². The third kappa shape index (κ3) is 7.46. The molecule has 8 nitrogen and oxygen atoms in total. The quantitative estimate of drug-likeness (QED) is 0.555. The molecule has 0 unspecified atom stereocenters. The highest BCUT2D eigenvalue weighted by molar-refractivity contribution is 7.14. The number of hydrogen-bond acceptors (Lipinski definition) is 7. The highest BCUT2D eigenvalue weighted by atomic mass is 32.1. The summed E-state index contributed by atoms with van der Waals surface area (Å²) < 4.78 is 0. The van der Waals surface area contributed by atoms with Crippen molar-refractivity contribution < 1.29 is 9.59 Å². The molecule has 0 atom stereocenters. The van der Waals surface area contributed by atoms with E-state index in [-0.39, 0.29) is 18.4 Å². The second kappa shape index (κ2) is 10.1. The molecule has 134 valence electrons. The van der Waals surface area contributed by atoms with Crippen molar-refractivity contribution in [3.8, 4) is 11.3 Å². The molecule has 0 aliphatic heterocycles. The number of nitrogens with two attached hydrogens (primary N) is 3. The van der Waals surface area contributed by atoms with Gasteiger partial charge in [0.1, 0.15) is 0 Å². The van der Waals surface area contributed by atoms with Gasteiger partial charge in [-0.3, -0.25) is 9.59 Å². The number of carbonyl (C=O) groups is 2. The van der Waals surface area contributed by atoms with Gasteiger partial charge in [0.25, 0.3) is 0 Å². The number of aromatic nitrogens is 1. The van der Waals surface area contributed by atoms with E-state index >= 15 is 0 Å². The molecular weight excluding hydrogens is 340 g/mol. The van der Waals surface area contributed by atoms with Crippen LogP contribution < -0.4 is 27.8 Å². The lowest BCUT2D eigenvalue weighted by atomic mass is 10.1. The second-order valence-corrected chi connectivity index (χ2v) is 5.82. The maximum atomic E-state index is 11.3. The number of anilines is 2. The van der Waals surface area contributed by atoms with Gasteiger partial charge in [-0.1, -0.05) is 12.1 Å². The second-order valence-electron chi connectivity index (χ2n) is 4.96. The summed E-state index contributed by atoms with van der Waals surface area (Å²) in [4.78, 5) is 26.5. The first-order chi connectivity index (χ1) is 11.8. The normalized spacial score (nSPS) is 10.4. The van der Waals surface area contributed by atoms with E-state index in [9.17, 15) is 9.59 Å². The molecule has 0 bridgehead atoms. The van der Waals surface area contributed by atoms with Crippen molar-refractivity contribution in [2.75, 3.05) is 17.2 Å². The van der Waals surface area contributed by atoms with Gasteiger partial charge in [0.15, 0.2) is 5.13 Å². The number of nitrogens with zero attached hydrogens (tertiary/aromatic N) is 1. The molecule has 9 heteroatoms. The lowest BCUT2D eigenvalue weighted by molar-refractivity contribution is -0.115. The summed E-state index contributed by atoms with van der Waals surface area (Å²) in [5.74, 6) is -0.408. The summed E-state index contributed by atoms with van der Waals surface area (Å²) in [5, 5.41) is 7.70. The van der Waals surface area contributed by atoms with E-state index in [2.05, 4.69) is 15.6 Å². The highest BCUT2D eigenvalue weighted by Crippen LogP contribution is 2.26. The van der Waals surface area contributed by atoms with Crippen LogP contribution in [-0.4, -0.2) is 23.3 Å². The van der Waals surface area contributed by atoms with Gasteiger partial charge in [-0.2, -0.15) is 0 Å². The van der Waals surface area contributed by atoms with Crippen molar-refractivity contribution in [1.29, 1.82) is 0 Å². The number of amides is 2. The zero-order valence-corrected chi connectivity index (χ0v) is 14.9. The van der Waals surface area contributed by atoms with E-state index in [0.29, 0.717) is 16.5 Å². The molecule has 0 fully saturated rings. The first kappa shape index (κ1) is 20.1. The van der Waals surface area contributed by atoms with Gasteiger partial charge in [0, 0.05) is 35.5 Å². The Hall–Kier alpha value is -2.91. The molecule has 0 aliphatic carbocycles. The highest BCUT2D eigenvalue weighted by Gasteiger charge is 2.07. The van der Waals surface area contributed by atoms with Crippen LogP contribution >= 0.6 is 11.3 Å². The van der Waals surface area contributed by atoms with Crippen LogP contribution in [0.2, 0.25) is 0 Å². The predicted octanol–water partition coefficient (Wildman–Crippen LogP) is 1.43. The van der Waals surface area contributed by atoms with Gasteiger partial charge in [-0.25, -0.2) is 4.98 Å². The SMILES string of the molecule is C/C(N)=C/N.CC(=O)Nc1nc(-c2cccc(NC(=O)CN)c2)cs1. The van der Waals surface area contributed by atoms with Crippen LogP contribution in [0.25, 0.3) is 11.3 Å². The maximum Gasteiger partial charge on any atom is 0.238 e. The number of rotatable bonds is 4. The average molecular weight is 362 g/mol. The maximum absolute atomic E-state index is 11.3. The molecule has 0 saturated heterocycles. The van der Waals surface area contributed by atoms with Gasteiger partial charge in [0.2, 0.25) is 11.8 Å². The Bertz CT molecular complexity index is 753. The Kier molecular flexibility index (Phi) is 8.10. The monoisotopic (exact) mass is 362 g/mol. The zero-order valence-electron chi connectivity index (χ0n) is 14.1. The molecule has 2 aromatic rings. The minimum atomic E-state index is -0.251. The largest absolute Gasteiger partial charge is 0.403 e. The summed E-state index contributed by atoms with van der Waals surface area (Å²) in [6, 6.07) is 7.28. The van der Waals surface area contributed by atoms with Crippen LogP contribution in [0.5, 0.6) is 0 Å². The summed E-state index contributed by atoms with van der Waals surface area (Å²) in [5.41, 5.74) is 18.1. The minimum Gasteiger partial charge on any atom is -0.403 e. The first-order valence-electron chi connectivity index (χ1n) is 7.33. The summed E-state index contributed by atoms with van der Waals surface area (Å²) >= 11 is 1.35. The van der Waals surface area contributed by atoms with Gasteiger partial charge in [-0.05, 0) is 19.1 Å². The molecule has 0 saturated carbocycles. The zero-order chi connectivity index (χ0) is 18.8. The molecule has 0 aliphatic rings. The van der Waals surface area contributed by atoms with Crippen LogP contribution in [0.3, 0.4) is 0 Å². The third-order valence-corrected chi connectivity index (χ3v) is 3.44. The van der Waals surface area contributed by atoms with E-state index in [1.54, 1.807) is 19.1 Å². The third-order valence-electron chi connectivity index (χ3n) is 2.68. The number of thiazole rings is 1. The lowest BCUT2D eigenvalue weighted by Gasteiger charge is -2.05. The van der Waals surface area contributed by atoms with Gasteiger partial charge in [-0.15, -0.1) is 11.3 Å². The topological polar surface area (TPSA) is 149 Å². The molecular formula is C16H22N6O2S. The molecule has 1 aromatic carbocycles. The average Bonchev–Trinajstić information content (AvgIpc) is 3.03. The van der Waals surface area contributed by atoms with Crippen molar-refractivity contribution >= 4 is 34.0 Å². The first-order valence-corrected chi connectivity index (χ1v) is 8.21. The van der Waals surface area contributed by atoms with Crippen molar-refractivity contribution in [3.05, 3.63) is 41.5 Å². The number of nitrogens with one attached hydrogen (secondary N) is 2. The predicted molar refractivity (Wildman–Crippen MR) is 102 cm³/mol. The molecule has 0 spiro atoms. The number of benzene rings is 1. The van der Waals surface area contributed by atoms with Gasteiger partial charge >= 0.3 is 0 Å². The molecule has 1 heterocycles. The Labute approximate surface area is 150 Å². The molecule has 25 heavy (non-hydrogen) atoms. The molecule has 8 N–H and O–H groups in total. The smallest absolute Gasteiger partial charge is 0.238 e. The Balaban J connectivity index is 0.000000550. The fourth-order valence-electron chi connectivity index (χ4n) is 1.58. The Morgan fingerprint density at radius 1 is 1.28 bits per heavy atom. The number of carbonyl (C=O) groups excluding carboxylic acids is 2. The van der Waals surface area contributed by atoms with E-state index in [1.807, 2.05) is 17.5 Å². The van der Waals surface area contributed by atoms with Crippen LogP contribution in [-0.2, 0) is 9.59 Å². The van der Waals surface area contributed by atoms with Crippen LogP contribution in [0.15, 0.2) is 41.5 Å². The van der Waals surface area contributed by atoms with Crippen LogP contribution in [0.4, 0.5) is 10.8 Å². The summed E-state index contributed by atoms with van der Waals surface area (Å²) in [6.45, 7) is 3.11. The lowest BCUT2D eigenvalue weighted by Crippen LogP contribution is -2.21. The van der Waals surface area contributed by atoms with E-state index in [4.69, 9.17) is 17.2 Å². The van der Waals surface area contributed by atoms with Gasteiger partial charge in [0.05, 0.1) is 12.2 Å². The number of hydrogen-bond donors (Lipinski definition) is 5. The van der Waals surface area contributed by atoms with Crippen molar-refractivity contribution in [2.45, 2.75) is 13.8 Å². The van der Waals surface area contributed by atoms with Crippen molar-refractivity contribution in [2.24, 2.45) is 17.2 Å². The minimum absolute atomic E-state index is 0.0619. The summed E-state index contributed by atoms with van der Waals surface area (Å²) in [6.07, 6.45) is 1.36. The van der Waals surface area contributed by atoms with Crippen LogP contribution in [0, 0.1) is 0 Å². The van der Waals surface area contributed by atoms with E-state index < -0.39 is 0 Å². The molecule has 2 rings (SSSR count). The fourth-order valence-corrected chi connectivity index (χ4v) is 2.35. The fraction of sp³-hybridized carbons (Fsp3) is 0.188.